The second-order valence-corrected chi connectivity index (χ2v) is 7.71. The van der Waals surface area contributed by atoms with Crippen molar-refractivity contribution in [3.63, 3.8) is 0 Å². The van der Waals surface area contributed by atoms with Crippen LogP contribution in [0.5, 0.6) is 17.2 Å². The molecule has 196 valence electrons. The minimum atomic E-state index is -0.678. The molecule has 0 saturated heterocycles. The first-order valence-electron chi connectivity index (χ1n) is 11.4. The SMILES string of the molecule is COC(Oc1ccccc1[N+](=O)[O-])c1ccccc1.COc1ccc(COc2cccc([N+](=O)[O-])c2)cc1. The molecule has 0 fully saturated rings. The fraction of sp³-hybridized carbons (Fsp3) is 0.143. The van der Waals surface area contributed by atoms with E-state index in [-0.39, 0.29) is 17.1 Å². The summed E-state index contributed by atoms with van der Waals surface area (Å²) in [6.45, 7) is 0.352. The fourth-order valence-corrected chi connectivity index (χ4v) is 3.26. The van der Waals surface area contributed by atoms with Gasteiger partial charge in [-0.25, -0.2) is 0 Å². The van der Waals surface area contributed by atoms with Crippen molar-refractivity contribution in [3.8, 4) is 17.2 Å². The van der Waals surface area contributed by atoms with Gasteiger partial charge in [-0.05, 0) is 29.8 Å². The van der Waals surface area contributed by atoms with Crippen LogP contribution in [0, 0.1) is 20.2 Å². The van der Waals surface area contributed by atoms with Crippen LogP contribution in [-0.4, -0.2) is 24.1 Å². The van der Waals surface area contributed by atoms with Crippen LogP contribution >= 0.6 is 0 Å². The molecule has 10 nitrogen and oxygen atoms in total. The number of nitro benzene ring substituents is 2. The molecule has 0 amide bonds. The molecule has 0 radical (unpaired) electrons. The summed E-state index contributed by atoms with van der Waals surface area (Å²) in [7, 11) is 3.10. The number of para-hydroxylation sites is 2. The highest BCUT2D eigenvalue weighted by Gasteiger charge is 2.19. The number of hydrogen-bond donors (Lipinski definition) is 0. The normalized spacial score (nSPS) is 10.9. The number of nitro groups is 2. The van der Waals surface area contributed by atoms with E-state index in [1.165, 1.54) is 25.3 Å². The first-order valence-corrected chi connectivity index (χ1v) is 11.4. The van der Waals surface area contributed by atoms with E-state index in [0.29, 0.717) is 12.4 Å². The second-order valence-electron chi connectivity index (χ2n) is 7.71. The Labute approximate surface area is 219 Å². The summed E-state index contributed by atoms with van der Waals surface area (Å²) in [5, 5.41) is 21.5. The lowest BCUT2D eigenvalue weighted by atomic mass is 10.2. The van der Waals surface area contributed by atoms with E-state index in [2.05, 4.69) is 0 Å². The summed E-state index contributed by atoms with van der Waals surface area (Å²) in [6.07, 6.45) is -0.678. The van der Waals surface area contributed by atoms with Gasteiger partial charge in [-0.1, -0.05) is 60.7 Å². The third-order valence-corrected chi connectivity index (χ3v) is 5.17. The number of hydrogen-bond acceptors (Lipinski definition) is 8. The van der Waals surface area contributed by atoms with Gasteiger partial charge in [0.15, 0.2) is 0 Å². The van der Waals surface area contributed by atoms with Crippen LogP contribution in [0.4, 0.5) is 11.4 Å². The van der Waals surface area contributed by atoms with E-state index >= 15 is 0 Å². The van der Waals surface area contributed by atoms with Gasteiger partial charge in [-0.2, -0.15) is 0 Å². The van der Waals surface area contributed by atoms with E-state index < -0.39 is 16.1 Å². The smallest absolute Gasteiger partial charge is 0.311 e. The Morgan fingerprint density at radius 3 is 2.05 bits per heavy atom. The first kappa shape index (κ1) is 27.6. The Morgan fingerprint density at radius 1 is 0.737 bits per heavy atom. The molecule has 0 aliphatic rings. The quantitative estimate of drug-likeness (QED) is 0.132. The molecule has 1 atom stereocenters. The average molecular weight is 519 g/mol. The molecule has 4 aromatic carbocycles. The third kappa shape index (κ3) is 8.04. The molecule has 0 bridgehead atoms. The van der Waals surface area contributed by atoms with Crippen molar-refractivity contribution in [1.29, 1.82) is 0 Å². The summed E-state index contributed by atoms with van der Waals surface area (Å²) in [6, 6.07) is 29.0. The molecule has 0 N–H and O–H groups in total. The molecule has 10 heteroatoms. The van der Waals surface area contributed by atoms with Gasteiger partial charge in [-0.15, -0.1) is 0 Å². The van der Waals surface area contributed by atoms with Gasteiger partial charge in [0.25, 0.3) is 5.69 Å². The molecule has 1 unspecified atom stereocenters. The van der Waals surface area contributed by atoms with Gasteiger partial charge in [0, 0.05) is 24.8 Å². The van der Waals surface area contributed by atoms with Gasteiger partial charge in [0.2, 0.25) is 12.0 Å². The zero-order chi connectivity index (χ0) is 27.3. The number of non-ortho nitro benzene ring substituents is 1. The number of ether oxygens (including phenoxy) is 4. The molecule has 0 spiro atoms. The van der Waals surface area contributed by atoms with E-state index in [9.17, 15) is 20.2 Å². The van der Waals surface area contributed by atoms with Crippen molar-refractivity contribution in [2.75, 3.05) is 14.2 Å². The topological polar surface area (TPSA) is 123 Å². The van der Waals surface area contributed by atoms with E-state index in [1.807, 2.05) is 54.6 Å². The van der Waals surface area contributed by atoms with Gasteiger partial charge in [0.05, 0.1) is 23.0 Å². The Hall–Kier alpha value is -4.96. The third-order valence-electron chi connectivity index (χ3n) is 5.17. The molecule has 38 heavy (non-hydrogen) atoms. The Morgan fingerprint density at radius 2 is 1.42 bits per heavy atom. The van der Waals surface area contributed by atoms with Gasteiger partial charge in [-0.3, -0.25) is 20.2 Å². The van der Waals surface area contributed by atoms with Crippen LogP contribution in [-0.2, 0) is 11.3 Å². The molecule has 0 heterocycles. The van der Waals surface area contributed by atoms with E-state index in [1.54, 1.807) is 37.4 Å². The maximum absolute atomic E-state index is 10.9. The van der Waals surface area contributed by atoms with Gasteiger partial charge >= 0.3 is 5.69 Å². The molecule has 0 aliphatic heterocycles. The maximum Gasteiger partial charge on any atom is 0.311 e. The van der Waals surface area contributed by atoms with Crippen LogP contribution < -0.4 is 14.2 Å². The van der Waals surface area contributed by atoms with Crippen LogP contribution in [0.3, 0.4) is 0 Å². The summed E-state index contributed by atoms with van der Waals surface area (Å²) in [4.78, 5) is 20.6. The molecule has 0 aromatic heterocycles. The predicted molar refractivity (Wildman–Crippen MR) is 140 cm³/mol. The Bertz CT molecular complexity index is 1330. The van der Waals surface area contributed by atoms with Crippen LogP contribution in [0.1, 0.15) is 17.4 Å². The van der Waals surface area contributed by atoms with Gasteiger partial charge in [0.1, 0.15) is 18.1 Å². The summed E-state index contributed by atoms with van der Waals surface area (Å²) in [5.74, 6) is 1.44. The van der Waals surface area contributed by atoms with Gasteiger partial charge < -0.3 is 18.9 Å². The van der Waals surface area contributed by atoms with Crippen molar-refractivity contribution in [2.45, 2.75) is 12.9 Å². The zero-order valence-electron chi connectivity index (χ0n) is 20.8. The monoisotopic (exact) mass is 518 g/mol. The van der Waals surface area contributed by atoms with Crippen molar-refractivity contribution < 1.29 is 28.8 Å². The van der Waals surface area contributed by atoms with Crippen molar-refractivity contribution in [1.82, 2.24) is 0 Å². The lowest BCUT2D eigenvalue weighted by molar-refractivity contribution is -0.386. The van der Waals surface area contributed by atoms with Crippen molar-refractivity contribution in [2.24, 2.45) is 0 Å². The summed E-state index contributed by atoms with van der Waals surface area (Å²) < 4.78 is 21.4. The van der Waals surface area contributed by atoms with E-state index in [4.69, 9.17) is 18.9 Å². The minimum absolute atomic E-state index is 0.0206. The Balaban J connectivity index is 0.000000211. The van der Waals surface area contributed by atoms with E-state index in [0.717, 1.165) is 16.9 Å². The summed E-state index contributed by atoms with van der Waals surface area (Å²) in [5.41, 5.74) is 1.70. The van der Waals surface area contributed by atoms with Crippen molar-refractivity contribution >= 4 is 11.4 Å². The standard InChI is InChI=1S/2C14H13NO4/c1-18-13-7-5-11(6-8-13)10-19-14-4-2-3-12(9-14)15(16)17;1-18-14(11-7-3-2-4-8-11)19-13-10-6-5-9-12(13)15(16)17/h2-9H,10H2,1H3;2-10,14H,1H3. The maximum atomic E-state index is 10.9. The first-order chi connectivity index (χ1) is 18.4. The lowest BCUT2D eigenvalue weighted by Gasteiger charge is -2.17. The van der Waals surface area contributed by atoms with Crippen LogP contribution in [0.15, 0.2) is 103 Å². The Kier molecular flexibility index (Phi) is 10.1. The predicted octanol–water partition coefficient (Wildman–Crippen LogP) is 6.50. The molecule has 4 aromatic rings. The molecular weight excluding hydrogens is 492 g/mol. The highest BCUT2D eigenvalue weighted by Crippen LogP contribution is 2.30. The second kappa shape index (κ2) is 14.0. The highest BCUT2D eigenvalue weighted by atomic mass is 16.7. The lowest BCUT2D eigenvalue weighted by Crippen LogP contribution is -2.10. The average Bonchev–Trinajstić information content (AvgIpc) is 2.96. The van der Waals surface area contributed by atoms with Crippen molar-refractivity contribution in [3.05, 3.63) is 134 Å². The molecule has 0 saturated carbocycles. The number of benzene rings is 4. The number of methoxy groups -OCH3 is 2. The number of rotatable bonds is 10. The summed E-state index contributed by atoms with van der Waals surface area (Å²) >= 11 is 0. The van der Waals surface area contributed by atoms with Crippen LogP contribution in [0.25, 0.3) is 0 Å². The number of nitrogens with zero attached hydrogens (tertiary/aromatic N) is 2. The van der Waals surface area contributed by atoms with Crippen LogP contribution in [0.2, 0.25) is 0 Å². The zero-order valence-corrected chi connectivity index (χ0v) is 20.8. The largest absolute Gasteiger partial charge is 0.497 e. The highest BCUT2D eigenvalue weighted by molar-refractivity contribution is 5.46. The molecule has 0 aliphatic carbocycles. The fourth-order valence-electron chi connectivity index (χ4n) is 3.26. The minimum Gasteiger partial charge on any atom is -0.497 e. The molecule has 4 rings (SSSR count). The molecular formula is C28H26N2O8.